The van der Waals surface area contributed by atoms with Gasteiger partial charge in [-0.1, -0.05) is 0 Å². The molecule has 13 heavy (non-hydrogen) atoms. The maximum absolute atomic E-state index is 11.4. The molecule has 1 heterocycles. The number of hydrogen-bond donors (Lipinski definition) is 1. The minimum absolute atomic E-state index is 0.0605. The number of carbonyl (C=O) groups is 1. The third-order valence-corrected chi connectivity index (χ3v) is 2.14. The van der Waals surface area contributed by atoms with Gasteiger partial charge in [-0.25, -0.2) is 0 Å². The summed E-state index contributed by atoms with van der Waals surface area (Å²) in [5.41, 5.74) is 2.42. The summed E-state index contributed by atoms with van der Waals surface area (Å²) in [6.45, 7) is 6.56. The van der Waals surface area contributed by atoms with Crippen LogP contribution in [-0.4, -0.2) is 22.7 Å². The van der Waals surface area contributed by atoms with Gasteiger partial charge in [-0.2, -0.15) is 5.10 Å². The first-order valence-electron chi connectivity index (χ1n) is 4.37. The van der Waals surface area contributed by atoms with Crippen LogP contribution in [0.5, 0.6) is 0 Å². The lowest BCUT2D eigenvalue weighted by Crippen LogP contribution is -2.19. The van der Waals surface area contributed by atoms with Crippen molar-refractivity contribution in [3.63, 3.8) is 0 Å². The predicted molar refractivity (Wildman–Crippen MR) is 50.8 cm³/mol. The molecule has 72 valence electrons. The van der Waals surface area contributed by atoms with E-state index in [9.17, 15) is 4.79 Å². The van der Waals surface area contributed by atoms with Crippen molar-refractivity contribution < 1.29 is 4.79 Å². The van der Waals surface area contributed by atoms with Gasteiger partial charge in [-0.3, -0.25) is 9.48 Å². The average Bonchev–Trinajstić information content (AvgIpc) is 2.40. The fraction of sp³-hybridized carbons (Fsp3) is 0.556. The van der Waals surface area contributed by atoms with Crippen molar-refractivity contribution in [1.82, 2.24) is 15.1 Å². The van der Waals surface area contributed by atoms with Crippen molar-refractivity contribution in [2.24, 2.45) is 0 Å². The molecule has 0 fully saturated rings. The Kier molecular flexibility index (Phi) is 2.70. The fourth-order valence-corrected chi connectivity index (χ4v) is 1.46. The number of rotatable bonds is 2. The van der Waals surface area contributed by atoms with E-state index in [-0.39, 0.29) is 5.91 Å². The molecule has 0 saturated heterocycles. The number of amides is 1. The molecule has 0 bridgehead atoms. The van der Waals surface area contributed by atoms with Gasteiger partial charge in [0.2, 0.25) is 0 Å². The maximum Gasteiger partial charge on any atom is 0.254 e. The van der Waals surface area contributed by atoms with Gasteiger partial charge in [0.05, 0.1) is 11.3 Å². The van der Waals surface area contributed by atoms with E-state index in [2.05, 4.69) is 10.4 Å². The Morgan fingerprint density at radius 2 is 2.15 bits per heavy atom. The van der Waals surface area contributed by atoms with Crippen molar-refractivity contribution in [3.8, 4) is 0 Å². The van der Waals surface area contributed by atoms with Crippen LogP contribution in [0, 0.1) is 13.8 Å². The van der Waals surface area contributed by atoms with E-state index in [1.807, 2.05) is 25.5 Å². The quantitative estimate of drug-likeness (QED) is 0.736. The largest absolute Gasteiger partial charge is 0.355 e. The fourth-order valence-electron chi connectivity index (χ4n) is 1.46. The van der Waals surface area contributed by atoms with Crippen LogP contribution in [0.1, 0.15) is 28.7 Å². The first kappa shape index (κ1) is 9.77. The van der Waals surface area contributed by atoms with E-state index in [0.29, 0.717) is 5.56 Å². The van der Waals surface area contributed by atoms with Crippen molar-refractivity contribution in [2.75, 3.05) is 7.05 Å². The number of aryl methyl sites for hydroxylation is 2. The molecule has 0 aliphatic heterocycles. The lowest BCUT2D eigenvalue weighted by Gasteiger charge is -2.00. The summed E-state index contributed by atoms with van der Waals surface area (Å²) < 4.78 is 1.83. The lowest BCUT2D eigenvalue weighted by atomic mass is 10.2. The van der Waals surface area contributed by atoms with Crippen LogP contribution in [0.25, 0.3) is 0 Å². The first-order valence-corrected chi connectivity index (χ1v) is 4.37. The Bertz CT molecular complexity index is 328. The molecule has 0 unspecified atom stereocenters. The van der Waals surface area contributed by atoms with Gasteiger partial charge in [-0.05, 0) is 20.8 Å². The summed E-state index contributed by atoms with van der Waals surface area (Å²) in [5.74, 6) is -0.0605. The van der Waals surface area contributed by atoms with Crippen molar-refractivity contribution in [1.29, 1.82) is 0 Å². The number of carbonyl (C=O) groups excluding carboxylic acids is 1. The van der Waals surface area contributed by atoms with Crippen LogP contribution in [0.4, 0.5) is 0 Å². The second-order valence-electron chi connectivity index (χ2n) is 2.94. The molecule has 0 aromatic carbocycles. The summed E-state index contributed by atoms with van der Waals surface area (Å²) in [6, 6.07) is 0. The van der Waals surface area contributed by atoms with Crippen LogP contribution < -0.4 is 5.32 Å². The van der Waals surface area contributed by atoms with E-state index in [0.717, 1.165) is 17.9 Å². The van der Waals surface area contributed by atoms with Gasteiger partial charge in [0, 0.05) is 19.3 Å². The van der Waals surface area contributed by atoms with Gasteiger partial charge >= 0.3 is 0 Å². The third kappa shape index (κ3) is 1.56. The SMILES string of the molecule is CCn1nc(C)c(C(=O)NC)c1C. The standard InChI is InChI=1S/C9H15N3O/c1-5-12-7(3)8(6(2)11-12)9(13)10-4/h5H2,1-4H3,(H,10,13). The molecule has 4 heteroatoms. The van der Waals surface area contributed by atoms with E-state index >= 15 is 0 Å². The second kappa shape index (κ2) is 3.60. The molecule has 4 nitrogen and oxygen atoms in total. The van der Waals surface area contributed by atoms with Crippen molar-refractivity contribution in [3.05, 3.63) is 17.0 Å². The minimum atomic E-state index is -0.0605. The molecule has 1 N–H and O–H groups in total. The summed E-state index contributed by atoms with van der Waals surface area (Å²) in [4.78, 5) is 11.4. The van der Waals surface area contributed by atoms with Gasteiger partial charge in [0.1, 0.15) is 0 Å². The summed E-state index contributed by atoms with van der Waals surface area (Å²) >= 11 is 0. The highest BCUT2D eigenvalue weighted by molar-refractivity contribution is 5.96. The molecule has 0 aliphatic rings. The Hall–Kier alpha value is -1.32. The van der Waals surface area contributed by atoms with Gasteiger partial charge in [0.15, 0.2) is 0 Å². The summed E-state index contributed by atoms with van der Waals surface area (Å²) in [7, 11) is 1.63. The Morgan fingerprint density at radius 3 is 2.54 bits per heavy atom. The van der Waals surface area contributed by atoms with Crippen molar-refractivity contribution >= 4 is 5.91 Å². The average molecular weight is 181 g/mol. The molecular weight excluding hydrogens is 166 g/mol. The number of aromatic nitrogens is 2. The van der Waals surface area contributed by atoms with E-state index < -0.39 is 0 Å². The van der Waals surface area contributed by atoms with Crippen LogP contribution in [0.3, 0.4) is 0 Å². The molecule has 1 aromatic rings. The summed E-state index contributed by atoms with van der Waals surface area (Å²) in [5, 5.41) is 6.86. The molecule has 0 atom stereocenters. The molecular formula is C9H15N3O. The zero-order valence-electron chi connectivity index (χ0n) is 8.51. The van der Waals surface area contributed by atoms with Crippen LogP contribution in [0.2, 0.25) is 0 Å². The third-order valence-electron chi connectivity index (χ3n) is 2.14. The number of nitrogens with one attached hydrogen (secondary N) is 1. The predicted octanol–water partition coefficient (Wildman–Crippen LogP) is 0.879. The molecule has 0 radical (unpaired) electrons. The van der Waals surface area contributed by atoms with Crippen molar-refractivity contribution in [2.45, 2.75) is 27.3 Å². The van der Waals surface area contributed by atoms with Gasteiger partial charge < -0.3 is 5.32 Å². The van der Waals surface area contributed by atoms with E-state index in [1.54, 1.807) is 7.05 Å². The second-order valence-corrected chi connectivity index (χ2v) is 2.94. The van der Waals surface area contributed by atoms with Gasteiger partial charge in [0.25, 0.3) is 5.91 Å². The summed E-state index contributed by atoms with van der Waals surface area (Å²) in [6.07, 6.45) is 0. The monoisotopic (exact) mass is 181 g/mol. The zero-order valence-corrected chi connectivity index (χ0v) is 8.51. The normalized spacial score (nSPS) is 10.2. The molecule has 1 aromatic heterocycles. The lowest BCUT2D eigenvalue weighted by molar-refractivity contribution is 0.0962. The molecule has 0 saturated carbocycles. The highest BCUT2D eigenvalue weighted by Crippen LogP contribution is 2.12. The molecule has 1 amide bonds. The van der Waals surface area contributed by atoms with Crippen LogP contribution in [-0.2, 0) is 6.54 Å². The number of nitrogens with zero attached hydrogens (tertiary/aromatic N) is 2. The van der Waals surface area contributed by atoms with E-state index in [1.165, 1.54) is 0 Å². The molecule has 1 rings (SSSR count). The Labute approximate surface area is 77.9 Å². The maximum atomic E-state index is 11.4. The first-order chi connectivity index (χ1) is 6.11. The zero-order chi connectivity index (χ0) is 10.0. The topological polar surface area (TPSA) is 46.9 Å². The smallest absolute Gasteiger partial charge is 0.254 e. The van der Waals surface area contributed by atoms with Crippen LogP contribution in [0.15, 0.2) is 0 Å². The molecule has 0 spiro atoms. The molecule has 0 aliphatic carbocycles. The number of hydrogen-bond acceptors (Lipinski definition) is 2. The van der Waals surface area contributed by atoms with Gasteiger partial charge in [-0.15, -0.1) is 0 Å². The highest BCUT2D eigenvalue weighted by Gasteiger charge is 2.16. The Morgan fingerprint density at radius 1 is 1.54 bits per heavy atom. The highest BCUT2D eigenvalue weighted by atomic mass is 16.1. The minimum Gasteiger partial charge on any atom is -0.355 e. The van der Waals surface area contributed by atoms with Crippen LogP contribution >= 0.6 is 0 Å². The van der Waals surface area contributed by atoms with E-state index in [4.69, 9.17) is 0 Å². The Balaban J connectivity index is 3.20.